The first-order chi connectivity index (χ1) is 14.8. The minimum Gasteiger partial charge on any atom is -0.483 e. The molecule has 0 spiro atoms. The second-order valence-electron chi connectivity index (χ2n) is 7.67. The normalized spacial score (nSPS) is 14.1. The highest BCUT2D eigenvalue weighted by molar-refractivity contribution is 9.10. The second kappa shape index (κ2) is 10.4. The van der Waals surface area contributed by atoms with Gasteiger partial charge in [0.2, 0.25) is 5.91 Å². The van der Waals surface area contributed by atoms with Crippen LogP contribution in [-0.2, 0) is 9.59 Å². The van der Waals surface area contributed by atoms with Crippen LogP contribution in [0.15, 0.2) is 46.9 Å². The molecular weight excluding hydrogens is 462 g/mol. The molecule has 0 radical (unpaired) electrons. The molecule has 0 aromatic heterocycles. The van der Waals surface area contributed by atoms with Crippen molar-refractivity contribution in [3.63, 3.8) is 0 Å². The summed E-state index contributed by atoms with van der Waals surface area (Å²) in [4.78, 5) is 38.7. The van der Waals surface area contributed by atoms with Crippen LogP contribution in [0.2, 0.25) is 0 Å². The number of hydrazine groups is 1. The molecule has 1 aliphatic rings. The maximum Gasteiger partial charge on any atom is 0.276 e. The average Bonchev–Trinajstić information content (AvgIpc) is 2.78. The third-order valence-corrected chi connectivity index (χ3v) is 5.80. The van der Waals surface area contributed by atoms with Crippen LogP contribution in [0.1, 0.15) is 34.3 Å². The molecule has 1 fully saturated rings. The third kappa shape index (κ3) is 6.30. The van der Waals surface area contributed by atoms with E-state index in [-0.39, 0.29) is 24.3 Å². The molecule has 0 saturated carbocycles. The Morgan fingerprint density at radius 3 is 2.39 bits per heavy atom. The van der Waals surface area contributed by atoms with Crippen LogP contribution in [0.4, 0.5) is 0 Å². The zero-order chi connectivity index (χ0) is 22.4. The first-order valence-corrected chi connectivity index (χ1v) is 11.0. The lowest BCUT2D eigenvalue weighted by Gasteiger charge is -2.31. The van der Waals surface area contributed by atoms with E-state index in [2.05, 4.69) is 26.8 Å². The van der Waals surface area contributed by atoms with Crippen molar-refractivity contribution in [3.05, 3.63) is 63.6 Å². The fraction of sp³-hybridized carbons (Fsp3) is 0.348. The summed E-state index contributed by atoms with van der Waals surface area (Å²) in [5, 5.41) is 0. The smallest absolute Gasteiger partial charge is 0.276 e. The lowest BCUT2D eigenvalue weighted by Crippen LogP contribution is -2.49. The molecule has 2 N–H and O–H groups in total. The number of hydrogen-bond donors (Lipinski definition) is 2. The standard InChI is InChI=1S/C23H26BrN3O4/c1-15-3-4-16(2)20(13-15)31-14-21(28)25-26-22(29)17-9-11-27(12-10-17)23(30)18-5-7-19(24)8-6-18/h3-8,13,17H,9-12,14H2,1-2H3,(H,25,28)(H,26,29). The van der Waals surface area contributed by atoms with Crippen molar-refractivity contribution >= 4 is 33.7 Å². The number of nitrogens with zero attached hydrogens (tertiary/aromatic N) is 1. The monoisotopic (exact) mass is 487 g/mol. The van der Waals surface area contributed by atoms with E-state index in [4.69, 9.17) is 4.74 Å². The van der Waals surface area contributed by atoms with Crippen molar-refractivity contribution < 1.29 is 19.1 Å². The summed E-state index contributed by atoms with van der Waals surface area (Å²) < 4.78 is 6.45. The Labute approximate surface area is 190 Å². The molecule has 3 amide bonds. The Morgan fingerprint density at radius 2 is 1.71 bits per heavy atom. The highest BCUT2D eigenvalue weighted by atomic mass is 79.9. The lowest BCUT2D eigenvalue weighted by atomic mass is 9.95. The topological polar surface area (TPSA) is 87.7 Å². The summed E-state index contributed by atoms with van der Waals surface area (Å²) in [5.41, 5.74) is 7.47. The number of carbonyl (C=O) groups excluding carboxylic acids is 3. The molecule has 0 aliphatic carbocycles. The van der Waals surface area contributed by atoms with Gasteiger partial charge in [0.15, 0.2) is 6.61 Å². The number of amides is 3. The van der Waals surface area contributed by atoms with E-state index in [1.54, 1.807) is 17.0 Å². The zero-order valence-corrected chi connectivity index (χ0v) is 19.2. The van der Waals surface area contributed by atoms with Crippen LogP contribution >= 0.6 is 15.9 Å². The van der Waals surface area contributed by atoms with Crippen LogP contribution in [0.25, 0.3) is 0 Å². The van der Waals surface area contributed by atoms with Crippen molar-refractivity contribution in [1.82, 2.24) is 15.8 Å². The van der Waals surface area contributed by atoms with Crippen molar-refractivity contribution in [2.45, 2.75) is 26.7 Å². The van der Waals surface area contributed by atoms with E-state index < -0.39 is 5.91 Å². The molecule has 1 heterocycles. The van der Waals surface area contributed by atoms with Crippen molar-refractivity contribution in [2.24, 2.45) is 5.92 Å². The number of ether oxygens (including phenoxy) is 1. The van der Waals surface area contributed by atoms with E-state index in [0.29, 0.717) is 37.2 Å². The van der Waals surface area contributed by atoms with Gasteiger partial charge < -0.3 is 9.64 Å². The first-order valence-electron chi connectivity index (χ1n) is 10.2. The lowest BCUT2D eigenvalue weighted by molar-refractivity contribution is -0.132. The van der Waals surface area contributed by atoms with Gasteiger partial charge in [-0.15, -0.1) is 0 Å². The number of piperidine rings is 1. The quantitative estimate of drug-likeness (QED) is 0.634. The van der Waals surface area contributed by atoms with Crippen LogP contribution in [0, 0.1) is 19.8 Å². The predicted octanol–water partition coefficient (Wildman–Crippen LogP) is 3.14. The van der Waals surface area contributed by atoms with Crippen LogP contribution in [-0.4, -0.2) is 42.3 Å². The molecule has 3 rings (SSSR count). The van der Waals surface area contributed by atoms with Gasteiger partial charge in [-0.1, -0.05) is 28.1 Å². The van der Waals surface area contributed by atoms with Gasteiger partial charge in [-0.25, -0.2) is 0 Å². The number of hydrogen-bond acceptors (Lipinski definition) is 4. The van der Waals surface area contributed by atoms with E-state index in [1.807, 2.05) is 44.2 Å². The molecule has 164 valence electrons. The van der Waals surface area contributed by atoms with Crippen LogP contribution in [0.5, 0.6) is 5.75 Å². The third-order valence-electron chi connectivity index (χ3n) is 5.27. The summed E-state index contributed by atoms with van der Waals surface area (Å²) in [6.07, 6.45) is 1.09. The molecule has 0 bridgehead atoms. The number of aryl methyl sites for hydroxylation is 2. The van der Waals surface area contributed by atoms with Crippen molar-refractivity contribution in [1.29, 1.82) is 0 Å². The molecule has 2 aromatic rings. The summed E-state index contributed by atoms with van der Waals surface area (Å²) in [6.45, 7) is 4.66. The highest BCUT2D eigenvalue weighted by Crippen LogP contribution is 2.21. The molecule has 2 aromatic carbocycles. The minimum absolute atomic E-state index is 0.0387. The molecule has 0 atom stereocenters. The number of likely N-dealkylation sites (tertiary alicyclic amines) is 1. The molecule has 7 nitrogen and oxygen atoms in total. The summed E-state index contributed by atoms with van der Waals surface area (Å²) >= 11 is 3.36. The van der Waals surface area contributed by atoms with E-state index in [0.717, 1.165) is 15.6 Å². The number of carbonyl (C=O) groups is 3. The largest absolute Gasteiger partial charge is 0.483 e. The van der Waals surface area contributed by atoms with Crippen LogP contribution < -0.4 is 15.6 Å². The summed E-state index contributed by atoms with van der Waals surface area (Å²) in [5.74, 6) is -0.338. The maximum absolute atomic E-state index is 12.6. The van der Waals surface area contributed by atoms with E-state index in [9.17, 15) is 14.4 Å². The first kappa shape index (κ1) is 22.8. The highest BCUT2D eigenvalue weighted by Gasteiger charge is 2.28. The molecule has 0 unspecified atom stereocenters. The van der Waals surface area contributed by atoms with Crippen LogP contribution in [0.3, 0.4) is 0 Å². The van der Waals surface area contributed by atoms with Gasteiger partial charge >= 0.3 is 0 Å². The number of rotatable bonds is 5. The maximum atomic E-state index is 12.6. The van der Waals surface area contributed by atoms with Crippen molar-refractivity contribution in [3.8, 4) is 5.75 Å². The molecule has 1 aliphatic heterocycles. The number of benzene rings is 2. The van der Waals surface area contributed by atoms with Gasteiger partial charge in [0.1, 0.15) is 5.75 Å². The van der Waals surface area contributed by atoms with Gasteiger partial charge in [0.25, 0.3) is 11.8 Å². The Kier molecular flexibility index (Phi) is 7.68. The second-order valence-corrected chi connectivity index (χ2v) is 8.58. The number of halogens is 1. The zero-order valence-electron chi connectivity index (χ0n) is 17.6. The Hall–Kier alpha value is -2.87. The average molecular weight is 488 g/mol. The molecule has 31 heavy (non-hydrogen) atoms. The van der Waals surface area contributed by atoms with Crippen molar-refractivity contribution in [2.75, 3.05) is 19.7 Å². The van der Waals surface area contributed by atoms with Gasteiger partial charge in [0, 0.05) is 29.0 Å². The molecule has 1 saturated heterocycles. The predicted molar refractivity (Wildman–Crippen MR) is 120 cm³/mol. The fourth-order valence-electron chi connectivity index (χ4n) is 3.40. The van der Waals surface area contributed by atoms with Gasteiger partial charge in [-0.3, -0.25) is 25.2 Å². The Morgan fingerprint density at radius 1 is 1.03 bits per heavy atom. The minimum atomic E-state index is -0.433. The Balaban J connectivity index is 1.40. The Bertz CT molecular complexity index is 954. The van der Waals surface area contributed by atoms with E-state index >= 15 is 0 Å². The van der Waals surface area contributed by atoms with E-state index in [1.165, 1.54) is 0 Å². The molecule has 8 heteroatoms. The number of nitrogens with one attached hydrogen (secondary N) is 2. The summed E-state index contributed by atoms with van der Waals surface area (Å²) in [7, 11) is 0. The fourth-order valence-corrected chi connectivity index (χ4v) is 3.66. The summed E-state index contributed by atoms with van der Waals surface area (Å²) in [6, 6.07) is 13.0. The van der Waals surface area contributed by atoms with Gasteiger partial charge in [-0.2, -0.15) is 0 Å². The van der Waals surface area contributed by atoms with Gasteiger partial charge in [0.05, 0.1) is 0 Å². The SMILES string of the molecule is Cc1ccc(C)c(OCC(=O)NNC(=O)C2CCN(C(=O)c3ccc(Br)cc3)CC2)c1. The van der Waals surface area contributed by atoms with Gasteiger partial charge in [-0.05, 0) is 68.1 Å². The molecular formula is C23H26BrN3O4.